The number of hydrogen-bond donors (Lipinski definition) is 0. The van der Waals surface area contributed by atoms with E-state index in [-0.39, 0.29) is 5.91 Å². The number of benzene rings is 4. The molecule has 1 aliphatic rings. The number of amides is 1. The van der Waals surface area contributed by atoms with E-state index >= 15 is 0 Å². The van der Waals surface area contributed by atoms with Gasteiger partial charge in [-0.05, 0) is 48.5 Å². The molecule has 4 aromatic carbocycles. The van der Waals surface area contributed by atoms with Gasteiger partial charge >= 0.3 is 0 Å². The molecule has 1 aliphatic heterocycles. The van der Waals surface area contributed by atoms with E-state index < -0.39 is 0 Å². The van der Waals surface area contributed by atoms with Crippen molar-refractivity contribution >= 4 is 29.0 Å². The number of fused-ring (bicyclic) bond motifs is 2. The Morgan fingerprint density at radius 3 is 1.90 bits per heavy atom. The van der Waals surface area contributed by atoms with Crippen molar-refractivity contribution in [1.29, 1.82) is 0 Å². The third kappa shape index (κ3) is 3.28. The third-order valence-corrected chi connectivity index (χ3v) is 5.85. The molecule has 4 aromatic rings. The van der Waals surface area contributed by atoms with Crippen LogP contribution in [0.2, 0.25) is 0 Å². The van der Waals surface area contributed by atoms with Gasteiger partial charge < -0.3 is 4.74 Å². The lowest BCUT2D eigenvalue weighted by atomic mass is 10.1. The number of carbonyl (C=O) groups is 1. The van der Waals surface area contributed by atoms with E-state index in [1.807, 2.05) is 103 Å². The minimum Gasteiger partial charge on any atom is -0.457 e. The molecular weight excluding hydrogens is 378 g/mol. The zero-order valence-electron chi connectivity index (χ0n) is 15.5. The first-order valence-electron chi connectivity index (χ1n) is 9.33. The molecule has 29 heavy (non-hydrogen) atoms. The van der Waals surface area contributed by atoms with Crippen molar-refractivity contribution in [3.05, 3.63) is 109 Å². The van der Waals surface area contributed by atoms with Gasteiger partial charge in [-0.2, -0.15) is 0 Å². The Morgan fingerprint density at radius 2 is 1.21 bits per heavy atom. The Morgan fingerprint density at radius 1 is 0.655 bits per heavy atom. The van der Waals surface area contributed by atoms with Crippen LogP contribution in [0.3, 0.4) is 0 Å². The van der Waals surface area contributed by atoms with Crippen LogP contribution in [0.15, 0.2) is 113 Å². The highest BCUT2D eigenvalue weighted by atomic mass is 32.2. The largest absolute Gasteiger partial charge is 0.457 e. The van der Waals surface area contributed by atoms with Gasteiger partial charge in [0.2, 0.25) is 0 Å². The molecule has 0 N–H and O–H groups in total. The van der Waals surface area contributed by atoms with E-state index in [0.29, 0.717) is 17.1 Å². The average Bonchev–Trinajstić information content (AvgIpc) is 2.78. The maximum Gasteiger partial charge on any atom is 0.266 e. The highest BCUT2D eigenvalue weighted by molar-refractivity contribution is 7.99. The van der Waals surface area contributed by atoms with Crippen LogP contribution < -0.4 is 9.64 Å². The molecule has 1 amide bonds. The molecule has 0 fully saturated rings. The third-order valence-electron chi connectivity index (χ3n) is 4.72. The summed E-state index contributed by atoms with van der Waals surface area (Å²) in [6.07, 6.45) is 0. The molecular formula is C25H17NO2S. The van der Waals surface area contributed by atoms with Gasteiger partial charge in [0.25, 0.3) is 5.91 Å². The van der Waals surface area contributed by atoms with Crippen LogP contribution in [-0.4, -0.2) is 5.91 Å². The second-order valence-electron chi connectivity index (χ2n) is 6.59. The van der Waals surface area contributed by atoms with Crippen LogP contribution in [0.5, 0.6) is 11.5 Å². The number of rotatable bonds is 3. The second-order valence-corrected chi connectivity index (χ2v) is 7.67. The lowest BCUT2D eigenvalue weighted by molar-refractivity contribution is 0.0996. The fourth-order valence-corrected chi connectivity index (χ4v) is 4.45. The molecule has 0 bridgehead atoms. The first-order valence-corrected chi connectivity index (χ1v) is 10.2. The van der Waals surface area contributed by atoms with Gasteiger partial charge in [0.15, 0.2) is 0 Å². The number of carbonyl (C=O) groups excluding carboxylic acids is 1. The highest BCUT2D eigenvalue weighted by Crippen LogP contribution is 2.48. The summed E-state index contributed by atoms with van der Waals surface area (Å²) < 4.78 is 6.04. The summed E-state index contributed by atoms with van der Waals surface area (Å²) in [4.78, 5) is 17.7. The molecule has 0 aromatic heterocycles. The predicted octanol–water partition coefficient (Wildman–Crippen LogP) is 6.92. The fraction of sp³-hybridized carbons (Fsp3) is 0. The van der Waals surface area contributed by atoms with E-state index in [1.165, 1.54) is 0 Å². The number of hydrogen-bond acceptors (Lipinski definition) is 3. The predicted molar refractivity (Wildman–Crippen MR) is 116 cm³/mol. The van der Waals surface area contributed by atoms with E-state index in [1.54, 1.807) is 16.7 Å². The van der Waals surface area contributed by atoms with Crippen molar-refractivity contribution in [2.75, 3.05) is 4.90 Å². The highest BCUT2D eigenvalue weighted by Gasteiger charge is 2.30. The topological polar surface area (TPSA) is 29.5 Å². The zero-order valence-corrected chi connectivity index (χ0v) is 16.3. The van der Waals surface area contributed by atoms with E-state index in [0.717, 1.165) is 21.2 Å². The summed E-state index contributed by atoms with van der Waals surface area (Å²) in [5, 5.41) is 0. The van der Waals surface area contributed by atoms with Gasteiger partial charge in [0.05, 0.1) is 16.9 Å². The number of anilines is 2. The van der Waals surface area contributed by atoms with Crippen molar-refractivity contribution in [1.82, 2.24) is 0 Å². The first-order chi connectivity index (χ1) is 14.3. The molecule has 0 saturated heterocycles. The quantitative estimate of drug-likeness (QED) is 0.377. The molecule has 0 radical (unpaired) electrons. The Labute approximate surface area is 173 Å². The minimum atomic E-state index is -0.114. The van der Waals surface area contributed by atoms with Crippen LogP contribution in [0, 0.1) is 0 Å². The van der Waals surface area contributed by atoms with E-state index in [4.69, 9.17) is 4.74 Å². The monoisotopic (exact) mass is 395 g/mol. The van der Waals surface area contributed by atoms with Crippen LogP contribution in [0.4, 0.5) is 11.4 Å². The van der Waals surface area contributed by atoms with Crippen molar-refractivity contribution < 1.29 is 9.53 Å². The molecule has 140 valence electrons. The maximum absolute atomic E-state index is 13.8. The summed E-state index contributed by atoms with van der Waals surface area (Å²) in [5.74, 6) is 1.12. The Kier molecular flexibility index (Phi) is 4.54. The summed E-state index contributed by atoms with van der Waals surface area (Å²) in [5.41, 5.74) is 2.29. The van der Waals surface area contributed by atoms with Crippen molar-refractivity contribution in [2.45, 2.75) is 9.79 Å². The smallest absolute Gasteiger partial charge is 0.266 e. The Balaban J connectivity index is 1.60. The van der Waals surface area contributed by atoms with Gasteiger partial charge in [-0.1, -0.05) is 66.4 Å². The fourth-order valence-electron chi connectivity index (χ4n) is 3.39. The van der Waals surface area contributed by atoms with E-state index in [9.17, 15) is 4.79 Å². The molecule has 0 saturated carbocycles. The molecule has 0 atom stereocenters. The number of nitrogens with zero attached hydrogens (tertiary/aromatic N) is 1. The second kappa shape index (κ2) is 7.49. The van der Waals surface area contributed by atoms with Crippen LogP contribution in [0.25, 0.3) is 0 Å². The molecule has 0 spiro atoms. The minimum absolute atomic E-state index is 0.114. The summed E-state index contributed by atoms with van der Waals surface area (Å²) in [6, 6.07) is 32.9. The standard InChI is InChI=1S/C25H17NO2S/c27-25(19-12-4-7-15-22(19)28-18-10-2-1-3-11-18)26-20-13-5-8-16-23(20)29-24-17-9-6-14-21(24)26/h1-17H. The van der Waals surface area contributed by atoms with Crippen LogP contribution >= 0.6 is 11.8 Å². The molecule has 0 unspecified atom stereocenters. The number of ether oxygens (including phenoxy) is 1. The molecule has 3 nitrogen and oxygen atoms in total. The SMILES string of the molecule is O=C(c1ccccc1Oc1ccccc1)N1c2ccccc2Sc2ccccc21. The zero-order chi connectivity index (χ0) is 19.6. The average molecular weight is 395 g/mol. The molecule has 4 heteroatoms. The van der Waals surface area contributed by atoms with Gasteiger partial charge in [-0.25, -0.2) is 0 Å². The molecule has 5 rings (SSSR count). The normalized spacial score (nSPS) is 12.1. The van der Waals surface area contributed by atoms with Gasteiger partial charge in [0, 0.05) is 9.79 Å². The Hall–Kier alpha value is -3.50. The van der Waals surface area contributed by atoms with Gasteiger partial charge in [-0.15, -0.1) is 0 Å². The van der Waals surface area contributed by atoms with Crippen molar-refractivity contribution in [3.8, 4) is 11.5 Å². The van der Waals surface area contributed by atoms with Crippen LogP contribution in [0.1, 0.15) is 10.4 Å². The summed E-state index contributed by atoms with van der Waals surface area (Å²) >= 11 is 1.68. The van der Waals surface area contributed by atoms with Crippen LogP contribution in [-0.2, 0) is 0 Å². The summed E-state index contributed by atoms with van der Waals surface area (Å²) in [7, 11) is 0. The number of para-hydroxylation sites is 4. The van der Waals surface area contributed by atoms with Gasteiger partial charge in [0.1, 0.15) is 11.5 Å². The Bertz CT molecular complexity index is 1140. The lowest BCUT2D eigenvalue weighted by Crippen LogP contribution is -2.28. The first kappa shape index (κ1) is 17.6. The van der Waals surface area contributed by atoms with Gasteiger partial charge in [-0.3, -0.25) is 9.69 Å². The summed E-state index contributed by atoms with van der Waals surface area (Å²) in [6.45, 7) is 0. The molecule has 0 aliphatic carbocycles. The molecule has 1 heterocycles. The maximum atomic E-state index is 13.8. The van der Waals surface area contributed by atoms with E-state index in [2.05, 4.69) is 0 Å². The van der Waals surface area contributed by atoms with Crippen molar-refractivity contribution in [3.63, 3.8) is 0 Å². The van der Waals surface area contributed by atoms with Crippen molar-refractivity contribution in [2.24, 2.45) is 0 Å². The lowest BCUT2D eigenvalue weighted by Gasteiger charge is -2.31.